The first-order valence-electron chi connectivity index (χ1n) is 4.34. The van der Waals surface area contributed by atoms with Gasteiger partial charge < -0.3 is 0 Å². The number of hydrogen-bond acceptors (Lipinski definition) is 3. The molecule has 0 spiro atoms. The standard InChI is InChI=1S/C10H13NO2S/c1-3-9-4-6-10(7-5-9)14(12,13)8-11-2/h4-7H,2-3,8H2,1H3. The number of hydrogen-bond donors (Lipinski definition) is 0. The maximum Gasteiger partial charge on any atom is 0.198 e. The third-order valence-corrected chi connectivity index (χ3v) is 3.46. The molecule has 0 heterocycles. The van der Waals surface area contributed by atoms with Gasteiger partial charge in [-0.2, -0.15) is 0 Å². The first-order valence-corrected chi connectivity index (χ1v) is 5.99. The normalized spacial score (nSPS) is 11.2. The molecule has 1 aromatic rings. The highest BCUT2D eigenvalue weighted by Gasteiger charge is 2.11. The van der Waals surface area contributed by atoms with Gasteiger partial charge in [-0.1, -0.05) is 19.1 Å². The molecule has 0 saturated heterocycles. The summed E-state index contributed by atoms with van der Waals surface area (Å²) in [5.41, 5.74) is 1.12. The van der Waals surface area contributed by atoms with Crippen LogP contribution in [0.15, 0.2) is 34.2 Å². The van der Waals surface area contributed by atoms with Crippen molar-refractivity contribution < 1.29 is 8.42 Å². The molecule has 3 nitrogen and oxygen atoms in total. The molecule has 0 fully saturated rings. The molecule has 0 amide bonds. The van der Waals surface area contributed by atoms with Crippen molar-refractivity contribution in [3.8, 4) is 0 Å². The summed E-state index contributed by atoms with van der Waals surface area (Å²) >= 11 is 0. The summed E-state index contributed by atoms with van der Waals surface area (Å²) in [6, 6.07) is 6.85. The lowest BCUT2D eigenvalue weighted by molar-refractivity contribution is 0.596. The van der Waals surface area contributed by atoms with Crippen LogP contribution >= 0.6 is 0 Å². The molecule has 76 valence electrons. The molecule has 1 aromatic carbocycles. The van der Waals surface area contributed by atoms with Crippen LogP contribution in [0.25, 0.3) is 0 Å². The van der Waals surface area contributed by atoms with Gasteiger partial charge in [0.15, 0.2) is 9.84 Å². The number of benzene rings is 1. The van der Waals surface area contributed by atoms with Crippen molar-refractivity contribution in [3.63, 3.8) is 0 Å². The Kier molecular flexibility index (Phi) is 3.41. The van der Waals surface area contributed by atoms with Crippen molar-refractivity contribution in [1.82, 2.24) is 0 Å². The number of aryl methyl sites for hydroxylation is 1. The van der Waals surface area contributed by atoms with E-state index in [0.29, 0.717) is 4.90 Å². The predicted octanol–water partition coefficient (Wildman–Crippen LogP) is 1.68. The molecule has 0 aromatic heterocycles. The van der Waals surface area contributed by atoms with Gasteiger partial charge in [0.05, 0.1) is 4.90 Å². The highest BCUT2D eigenvalue weighted by Crippen LogP contribution is 2.12. The van der Waals surface area contributed by atoms with Crippen LogP contribution in [0.5, 0.6) is 0 Å². The van der Waals surface area contributed by atoms with Gasteiger partial charge >= 0.3 is 0 Å². The van der Waals surface area contributed by atoms with Crippen LogP contribution in [-0.4, -0.2) is 21.0 Å². The van der Waals surface area contributed by atoms with Crippen LogP contribution < -0.4 is 0 Å². The highest BCUT2D eigenvalue weighted by molar-refractivity contribution is 7.91. The van der Waals surface area contributed by atoms with Crippen molar-refractivity contribution in [2.45, 2.75) is 18.2 Å². The summed E-state index contributed by atoms with van der Waals surface area (Å²) in [4.78, 5) is 3.70. The summed E-state index contributed by atoms with van der Waals surface area (Å²) in [7, 11) is -3.26. The maximum atomic E-state index is 11.5. The molecule has 0 aliphatic rings. The lowest BCUT2D eigenvalue weighted by Crippen LogP contribution is -2.04. The fourth-order valence-corrected chi connectivity index (χ4v) is 2.07. The van der Waals surface area contributed by atoms with Crippen LogP contribution in [0.1, 0.15) is 12.5 Å². The molecule has 1 rings (SSSR count). The molecule has 0 N–H and O–H groups in total. The molecular weight excluding hydrogens is 198 g/mol. The van der Waals surface area contributed by atoms with Gasteiger partial charge in [0, 0.05) is 0 Å². The number of aliphatic imine (C=N–C) groups is 1. The van der Waals surface area contributed by atoms with E-state index >= 15 is 0 Å². The second-order valence-electron chi connectivity index (χ2n) is 2.96. The first kappa shape index (κ1) is 10.9. The van der Waals surface area contributed by atoms with Gasteiger partial charge in [-0.05, 0) is 30.8 Å². The van der Waals surface area contributed by atoms with E-state index in [1.165, 1.54) is 0 Å². The highest BCUT2D eigenvalue weighted by atomic mass is 32.2. The summed E-state index contributed by atoms with van der Waals surface area (Å²) in [5.74, 6) is -0.252. The second kappa shape index (κ2) is 4.37. The van der Waals surface area contributed by atoms with Crippen LogP contribution in [0.3, 0.4) is 0 Å². The Bertz CT molecular complexity index is 406. The third kappa shape index (κ3) is 2.42. The van der Waals surface area contributed by atoms with E-state index in [4.69, 9.17) is 0 Å². The monoisotopic (exact) mass is 211 g/mol. The fourth-order valence-electron chi connectivity index (χ4n) is 1.13. The Morgan fingerprint density at radius 2 is 1.86 bits per heavy atom. The zero-order valence-corrected chi connectivity index (χ0v) is 8.92. The average molecular weight is 211 g/mol. The SMILES string of the molecule is C=NCS(=O)(=O)c1ccc(CC)cc1. The van der Waals surface area contributed by atoms with Crippen molar-refractivity contribution >= 4 is 16.6 Å². The maximum absolute atomic E-state index is 11.5. The molecule has 0 atom stereocenters. The Morgan fingerprint density at radius 1 is 1.29 bits per heavy atom. The Morgan fingerprint density at radius 3 is 2.29 bits per heavy atom. The van der Waals surface area contributed by atoms with Gasteiger partial charge in [-0.3, -0.25) is 4.99 Å². The minimum Gasteiger partial charge on any atom is -0.284 e. The molecule has 0 aliphatic heterocycles. The van der Waals surface area contributed by atoms with E-state index in [9.17, 15) is 8.42 Å². The molecular formula is C10H13NO2S. The average Bonchev–Trinajstić information content (AvgIpc) is 2.18. The zero-order valence-electron chi connectivity index (χ0n) is 8.10. The van der Waals surface area contributed by atoms with Crippen LogP contribution in [0.4, 0.5) is 0 Å². The summed E-state index contributed by atoms with van der Waals surface area (Å²) in [5, 5.41) is 0. The zero-order chi connectivity index (χ0) is 10.6. The molecule has 0 aliphatic carbocycles. The van der Waals surface area contributed by atoms with Crippen LogP contribution in [-0.2, 0) is 16.3 Å². The topological polar surface area (TPSA) is 46.5 Å². The smallest absolute Gasteiger partial charge is 0.198 e. The molecule has 4 heteroatoms. The summed E-state index contributed by atoms with van der Waals surface area (Å²) < 4.78 is 23.0. The molecule has 0 unspecified atom stereocenters. The summed E-state index contributed by atoms with van der Waals surface area (Å²) in [6.07, 6.45) is 0.903. The van der Waals surface area contributed by atoms with Crippen molar-refractivity contribution in [3.05, 3.63) is 29.8 Å². The second-order valence-corrected chi connectivity index (χ2v) is 4.92. The number of nitrogens with zero attached hydrogens (tertiary/aromatic N) is 1. The minimum absolute atomic E-state index is 0.252. The Balaban J connectivity index is 3.03. The lowest BCUT2D eigenvalue weighted by atomic mass is 10.2. The number of sulfone groups is 1. The quantitative estimate of drug-likeness (QED) is 0.711. The fraction of sp³-hybridized carbons (Fsp3) is 0.300. The van der Waals surface area contributed by atoms with Gasteiger partial charge in [-0.15, -0.1) is 0 Å². The van der Waals surface area contributed by atoms with E-state index in [1.54, 1.807) is 12.1 Å². The largest absolute Gasteiger partial charge is 0.284 e. The van der Waals surface area contributed by atoms with E-state index in [1.807, 2.05) is 19.1 Å². The Labute approximate surface area is 84.4 Å². The first-order chi connectivity index (χ1) is 6.60. The van der Waals surface area contributed by atoms with E-state index in [2.05, 4.69) is 11.7 Å². The predicted molar refractivity (Wildman–Crippen MR) is 57.4 cm³/mol. The van der Waals surface area contributed by atoms with E-state index in [-0.39, 0.29) is 5.88 Å². The molecule has 14 heavy (non-hydrogen) atoms. The van der Waals surface area contributed by atoms with E-state index in [0.717, 1.165) is 12.0 Å². The van der Waals surface area contributed by atoms with Crippen LogP contribution in [0.2, 0.25) is 0 Å². The summed E-state index contributed by atoms with van der Waals surface area (Å²) in [6.45, 7) is 5.20. The molecule has 0 bridgehead atoms. The van der Waals surface area contributed by atoms with Gasteiger partial charge in [-0.25, -0.2) is 8.42 Å². The molecule has 0 radical (unpaired) electrons. The minimum atomic E-state index is -3.26. The van der Waals surface area contributed by atoms with Gasteiger partial charge in [0.25, 0.3) is 0 Å². The molecule has 0 saturated carbocycles. The van der Waals surface area contributed by atoms with Crippen molar-refractivity contribution in [2.75, 3.05) is 5.88 Å². The number of rotatable bonds is 4. The van der Waals surface area contributed by atoms with E-state index < -0.39 is 9.84 Å². The third-order valence-electron chi connectivity index (χ3n) is 1.95. The van der Waals surface area contributed by atoms with Gasteiger partial charge in [0.2, 0.25) is 0 Å². The van der Waals surface area contributed by atoms with Gasteiger partial charge in [0.1, 0.15) is 5.88 Å². The lowest BCUT2D eigenvalue weighted by Gasteiger charge is -2.01. The van der Waals surface area contributed by atoms with Crippen LogP contribution in [0, 0.1) is 0 Å². The van der Waals surface area contributed by atoms with Crippen molar-refractivity contribution in [2.24, 2.45) is 4.99 Å². The Hall–Kier alpha value is -1.16. The van der Waals surface area contributed by atoms with Crippen molar-refractivity contribution in [1.29, 1.82) is 0 Å².